The molecule has 1 aliphatic heterocycles. The van der Waals surface area contributed by atoms with Gasteiger partial charge in [-0.2, -0.15) is 0 Å². The Bertz CT molecular complexity index is 803. The minimum absolute atomic E-state index is 0.00300. The van der Waals surface area contributed by atoms with Crippen molar-refractivity contribution in [3.05, 3.63) is 57.5 Å². The highest BCUT2D eigenvalue weighted by atomic mass is 32.1. The highest BCUT2D eigenvalue weighted by Crippen LogP contribution is 2.37. The predicted molar refractivity (Wildman–Crippen MR) is 105 cm³/mol. The first-order valence-corrected chi connectivity index (χ1v) is 10.3. The van der Waals surface area contributed by atoms with Crippen molar-refractivity contribution in [1.29, 1.82) is 0 Å². The second kappa shape index (κ2) is 8.65. The summed E-state index contributed by atoms with van der Waals surface area (Å²) in [5, 5.41) is 2.04. The molecule has 1 aromatic heterocycles. The van der Waals surface area contributed by atoms with Gasteiger partial charge in [-0.05, 0) is 47.5 Å². The number of thiophene rings is 1. The summed E-state index contributed by atoms with van der Waals surface area (Å²) in [5.74, 6) is -0.353. The Morgan fingerprint density at radius 2 is 1.96 bits per heavy atom. The average Bonchev–Trinajstić information content (AvgIpc) is 3.15. The van der Waals surface area contributed by atoms with Crippen LogP contribution in [0.5, 0.6) is 0 Å². The molecule has 4 nitrogen and oxygen atoms in total. The van der Waals surface area contributed by atoms with Gasteiger partial charge in [-0.25, -0.2) is 4.39 Å². The van der Waals surface area contributed by atoms with Crippen molar-refractivity contribution in [1.82, 2.24) is 9.80 Å². The molecule has 0 saturated heterocycles. The van der Waals surface area contributed by atoms with E-state index in [0.29, 0.717) is 19.5 Å². The van der Waals surface area contributed by atoms with Crippen LogP contribution in [0.4, 0.5) is 4.39 Å². The summed E-state index contributed by atoms with van der Waals surface area (Å²) in [4.78, 5) is 30.1. The number of carbonyl (C=O) groups is 2. The number of carbonyl (C=O) groups excluding carboxylic acids is 2. The summed E-state index contributed by atoms with van der Waals surface area (Å²) in [6, 6.07) is 8.18. The first-order valence-electron chi connectivity index (χ1n) is 9.44. The Kier molecular flexibility index (Phi) is 6.26. The first kappa shape index (κ1) is 19.5. The largest absolute Gasteiger partial charge is 0.333 e. The van der Waals surface area contributed by atoms with Crippen LogP contribution in [0.1, 0.15) is 48.7 Å². The van der Waals surface area contributed by atoms with Gasteiger partial charge in [0, 0.05) is 24.4 Å². The number of benzene rings is 1. The Balaban J connectivity index is 1.89. The van der Waals surface area contributed by atoms with E-state index in [1.807, 2.05) is 24.1 Å². The number of amides is 2. The lowest BCUT2D eigenvalue weighted by molar-refractivity contribution is -0.141. The second-order valence-corrected chi connectivity index (χ2v) is 7.76. The molecule has 6 heteroatoms. The van der Waals surface area contributed by atoms with Gasteiger partial charge in [-0.3, -0.25) is 9.59 Å². The van der Waals surface area contributed by atoms with Crippen LogP contribution in [0.2, 0.25) is 0 Å². The van der Waals surface area contributed by atoms with Crippen LogP contribution in [0.25, 0.3) is 0 Å². The van der Waals surface area contributed by atoms with Crippen LogP contribution >= 0.6 is 11.3 Å². The summed E-state index contributed by atoms with van der Waals surface area (Å²) in [5.41, 5.74) is 2.00. The van der Waals surface area contributed by atoms with Crippen molar-refractivity contribution in [3.63, 3.8) is 0 Å². The fourth-order valence-electron chi connectivity index (χ4n) is 3.63. The van der Waals surface area contributed by atoms with Crippen LogP contribution in [0.15, 0.2) is 35.7 Å². The minimum Gasteiger partial charge on any atom is -0.333 e. The zero-order valence-corrected chi connectivity index (χ0v) is 16.6. The van der Waals surface area contributed by atoms with E-state index in [-0.39, 0.29) is 30.2 Å². The molecule has 0 aliphatic carbocycles. The molecule has 0 spiro atoms. The average molecular weight is 389 g/mol. The summed E-state index contributed by atoms with van der Waals surface area (Å²) < 4.78 is 13.4. The first-order chi connectivity index (χ1) is 13.0. The monoisotopic (exact) mass is 388 g/mol. The molecule has 1 atom stereocenters. The van der Waals surface area contributed by atoms with Gasteiger partial charge in [0.1, 0.15) is 5.82 Å². The molecular weight excluding hydrogens is 363 g/mol. The number of halogens is 1. The second-order valence-electron chi connectivity index (χ2n) is 6.76. The van der Waals surface area contributed by atoms with Crippen molar-refractivity contribution in [2.24, 2.45) is 0 Å². The molecule has 0 saturated carbocycles. The zero-order valence-electron chi connectivity index (χ0n) is 15.8. The number of hydrogen-bond donors (Lipinski definition) is 0. The van der Waals surface area contributed by atoms with Crippen LogP contribution in [0, 0.1) is 5.82 Å². The third-order valence-corrected chi connectivity index (χ3v) is 5.94. The van der Waals surface area contributed by atoms with Crippen LogP contribution in [-0.4, -0.2) is 41.2 Å². The standard InChI is InChI=1S/C21H25FN2O2S/c1-3-11-23(19(25)4-2)14-20(26)24-12-9-18-17(10-13-27-18)21(24)15-5-7-16(22)8-6-15/h5-8,10,13,21H,3-4,9,11-12,14H2,1-2H3/t21-/m0/s1. The van der Waals surface area contributed by atoms with Gasteiger partial charge in [0.2, 0.25) is 11.8 Å². The molecule has 0 unspecified atom stereocenters. The van der Waals surface area contributed by atoms with Crippen molar-refractivity contribution in [3.8, 4) is 0 Å². The van der Waals surface area contributed by atoms with Crippen molar-refractivity contribution >= 4 is 23.2 Å². The van der Waals surface area contributed by atoms with E-state index in [2.05, 4.69) is 6.07 Å². The molecule has 0 bridgehead atoms. The SMILES string of the molecule is CCCN(CC(=O)N1CCc2sccc2[C@@H]1c1ccc(F)cc1)C(=O)CC. The van der Waals surface area contributed by atoms with Crippen LogP contribution in [-0.2, 0) is 16.0 Å². The summed E-state index contributed by atoms with van der Waals surface area (Å²) in [7, 11) is 0. The predicted octanol–water partition coefficient (Wildman–Crippen LogP) is 4.01. The van der Waals surface area contributed by atoms with E-state index in [0.717, 1.165) is 24.0 Å². The Morgan fingerprint density at radius 3 is 2.63 bits per heavy atom. The van der Waals surface area contributed by atoms with Gasteiger partial charge in [0.15, 0.2) is 0 Å². The molecule has 3 rings (SSSR count). The smallest absolute Gasteiger partial charge is 0.242 e. The molecule has 0 N–H and O–H groups in total. The molecule has 2 amide bonds. The summed E-state index contributed by atoms with van der Waals surface area (Å²) >= 11 is 1.69. The molecule has 0 radical (unpaired) electrons. The molecule has 0 fully saturated rings. The number of nitrogens with zero attached hydrogens (tertiary/aromatic N) is 2. The number of fused-ring (bicyclic) bond motifs is 1. The van der Waals surface area contributed by atoms with Crippen molar-refractivity contribution in [2.45, 2.75) is 39.2 Å². The molecule has 1 aliphatic rings. The van der Waals surface area contributed by atoms with E-state index in [4.69, 9.17) is 0 Å². The molecule has 2 aromatic rings. The Labute approximate surface area is 163 Å². The van der Waals surface area contributed by atoms with E-state index in [1.165, 1.54) is 17.0 Å². The van der Waals surface area contributed by atoms with Gasteiger partial charge in [-0.15, -0.1) is 11.3 Å². The lowest BCUT2D eigenvalue weighted by Crippen LogP contribution is -2.46. The van der Waals surface area contributed by atoms with Crippen molar-refractivity contribution in [2.75, 3.05) is 19.6 Å². The van der Waals surface area contributed by atoms with Gasteiger partial charge < -0.3 is 9.80 Å². The molecule has 27 heavy (non-hydrogen) atoms. The third-order valence-electron chi connectivity index (χ3n) is 4.95. The maximum absolute atomic E-state index is 13.4. The van der Waals surface area contributed by atoms with Crippen LogP contribution in [0.3, 0.4) is 0 Å². The Hall–Kier alpha value is -2.21. The highest BCUT2D eigenvalue weighted by Gasteiger charge is 2.33. The number of hydrogen-bond acceptors (Lipinski definition) is 3. The maximum atomic E-state index is 13.4. The summed E-state index contributed by atoms with van der Waals surface area (Å²) in [6.07, 6.45) is 2.02. The summed E-state index contributed by atoms with van der Waals surface area (Å²) in [6.45, 7) is 5.10. The molecular formula is C21H25FN2O2S. The fourth-order valence-corrected chi connectivity index (χ4v) is 4.53. The van der Waals surface area contributed by atoms with E-state index >= 15 is 0 Å². The topological polar surface area (TPSA) is 40.6 Å². The van der Waals surface area contributed by atoms with E-state index in [9.17, 15) is 14.0 Å². The van der Waals surface area contributed by atoms with E-state index < -0.39 is 0 Å². The lowest BCUT2D eigenvalue weighted by Gasteiger charge is -2.37. The van der Waals surface area contributed by atoms with Gasteiger partial charge in [0.25, 0.3) is 0 Å². The maximum Gasteiger partial charge on any atom is 0.242 e. The molecule has 144 valence electrons. The normalized spacial score (nSPS) is 16.1. The molecule has 2 heterocycles. The van der Waals surface area contributed by atoms with Crippen molar-refractivity contribution < 1.29 is 14.0 Å². The third kappa shape index (κ3) is 4.21. The Morgan fingerprint density at radius 1 is 1.22 bits per heavy atom. The van der Waals surface area contributed by atoms with Gasteiger partial charge in [-0.1, -0.05) is 26.0 Å². The minimum atomic E-state index is -0.291. The molecule has 1 aromatic carbocycles. The fraction of sp³-hybridized carbons (Fsp3) is 0.429. The van der Waals surface area contributed by atoms with Crippen LogP contribution < -0.4 is 0 Å². The highest BCUT2D eigenvalue weighted by molar-refractivity contribution is 7.10. The lowest BCUT2D eigenvalue weighted by atomic mass is 9.93. The van der Waals surface area contributed by atoms with Gasteiger partial charge >= 0.3 is 0 Å². The van der Waals surface area contributed by atoms with Gasteiger partial charge in [0.05, 0.1) is 12.6 Å². The quantitative estimate of drug-likeness (QED) is 0.750. The van der Waals surface area contributed by atoms with E-state index in [1.54, 1.807) is 28.4 Å². The zero-order chi connectivity index (χ0) is 19.4. The number of rotatable bonds is 6.